The summed E-state index contributed by atoms with van der Waals surface area (Å²) < 4.78 is 32.3. The number of hydrogen-bond donors (Lipinski definition) is 1. The second-order valence-corrected chi connectivity index (χ2v) is 8.88. The Hall–Kier alpha value is -1.64. The number of nitrogens with zero attached hydrogens (tertiary/aromatic N) is 1. The fourth-order valence-corrected chi connectivity index (χ4v) is 4.47. The van der Waals surface area contributed by atoms with E-state index < -0.39 is 15.9 Å². The third kappa shape index (κ3) is 5.43. The smallest absolute Gasteiger partial charge is 0.310 e. The van der Waals surface area contributed by atoms with Crippen molar-refractivity contribution in [3.05, 3.63) is 28.8 Å². The Labute approximate surface area is 165 Å². The van der Waals surface area contributed by atoms with Crippen LogP contribution in [0.4, 0.5) is 0 Å². The van der Waals surface area contributed by atoms with Crippen LogP contribution in [0.1, 0.15) is 44.0 Å². The van der Waals surface area contributed by atoms with Crippen LogP contribution in [0.15, 0.2) is 23.1 Å². The molecule has 0 spiro atoms. The molecule has 0 bridgehead atoms. The molecule has 2 rings (SSSR count). The van der Waals surface area contributed by atoms with Crippen LogP contribution in [-0.2, 0) is 19.6 Å². The summed E-state index contributed by atoms with van der Waals surface area (Å²) in [5.41, 5.74) is 0.104. The van der Waals surface area contributed by atoms with Gasteiger partial charge < -0.3 is 9.64 Å². The molecule has 1 aromatic rings. The van der Waals surface area contributed by atoms with Gasteiger partial charge in [-0.25, -0.2) is 13.1 Å². The number of esters is 1. The molecule has 0 radical (unpaired) electrons. The van der Waals surface area contributed by atoms with Gasteiger partial charge in [-0.2, -0.15) is 0 Å². The molecule has 0 aliphatic carbocycles. The Morgan fingerprint density at radius 2 is 2.07 bits per heavy atom. The first-order valence-corrected chi connectivity index (χ1v) is 10.8. The van der Waals surface area contributed by atoms with Crippen molar-refractivity contribution in [3.8, 4) is 0 Å². The second-order valence-electron chi connectivity index (χ2n) is 6.76. The fourth-order valence-electron chi connectivity index (χ4n) is 3.00. The highest BCUT2D eigenvalue weighted by Crippen LogP contribution is 2.25. The lowest BCUT2D eigenvalue weighted by molar-refractivity contribution is -0.149. The zero-order valence-electron chi connectivity index (χ0n) is 15.7. The molecule has 1 atom stereocenters. The molecule has 1 N–H and O–H groups in total. The number of piperidine rings is 1. The van der Waals surface area contributed by atoms with Gasteiger partial charge in [0.1, 0.15) is 0 Å². The largest absolute Gasteiger partial charge is 0.466 e. The first kappa shape index (κ1) is 21.7. The summed E-state index contributed by atoms with van der Waals surface area (Å²) in [6, 6.07) is 3.76. The molecule has 0 aromatic heterocycles. The fraction of sp³-hybridized carbons (Fsp3) is 0.556. The SMILES string of the molecule is CCOC(=O)C1CCCN(C(=O)c2cc(S(=O)(=O)NC(C)C)ccc2Cl)C1. The maximum atomic E-state index is 12.9. The number of carbonyl (C=O) groups excluding carboxylic acids is 2. The quantitative estimate of drug-likeness (QED) is 0.719. The van der Waals surface area contributed by atoms with E-state index in [1.54, 1.807) is 20.8 Å². The van der Waals surface area contributed by atoms with E-state index in [1.807, 2.05) is 0 Å². The standard InChI is InChI=1S/C18H25ClN2O5S/c1-4-26-18(23)13-6-5-9-21(11-13)17(22)15-10-14(7-8-16(15)19)27(24,25)20-12(2)3/h7-8,10,12-13,20H,4-6,9,11H2,1-3H3. The van der Waals surface area contributed by atoms with E-state index in [4.69, 9.17) is 16.3 Å². The molecule has 1 fully saturated rings. The number of nitrogens with one attached hydrogen (secondary N) is 1. The molecule has 1 amide bonds. The molecule has 7 nitrogen and oxygen atoms in total. The molecule has 1 aliphatic heterocycles. The van der Waals surface area contributed by atoms with Crippen LogP contribution >= 0.6 is 11.6 Å². The van der Waals surface area contributed by atoms with Crippen LogP contribution in [0.5, 0.6) is 0 Å². The number of carbonyl (C=O) groups is 2. The summed E-state index contributed by atoms with van der Waals surface area (Å²) in [5.74, 6) is -1.09. The average Bonchev–Trinajstić information content (AvgIpc) is 2.60. The third-order valence-corrected chi connectivity index (χ3v) is 6.18. The molecule has 1 unspecified atom stereocenters. The number of likely N-dealkylation sites (tertiary alicyclic amines) is 1. The topological polar surface area (TPSA) is 92.8 Å². The Morgan fingerprint density at radius 1 is 1.37 bits per heavy atom. The predicted molar refractivity (Wildman–Crippen MR) is 102 cm³/mol. The highest BCUT2D eigenvalue weighted by molar-refractivity contribution is 7.89. The second kappa shape index (κ2) is 9.03. The van der Waals surface area contributed by atoms with Gasteiger partial charge in [-0.1, -0.05) is 11.6 Å². The minimum absolute atomic E-state index is 0.0251. The minimum Gasteiger partial charge on any atom is -0.466 e. The first-order chi connectivity index (χ1) is 12.7. The van der Waals surface area contributed by atoms with Crippen LogP contribution in [0.25, 0.3) is 0 Å². The van der Waals surface area contributed by atoms with E-state index in [9.17, 15) is 18.0 Å². The van der Waals surface area contributed by atoms with Crippen molar-refractivity contribution in [2.24, 2.45) is 5.92 Å². The molecular formula is C18H25ClN2O5S. The maximum absolute atomic E-state index is 12.9. The van der Waals surface area contributed by atoms with Crippen LogP contribution in [-0.4, -0.2) is 50.9 Å². The van der Waals surface area contributed by atoms with E-state index in [-0.39, 0.29) is 46.6 Å². The van der Waals surface area contributed by atoms with Crippen LogP contribution in [0.2, 0.25) is 5.02 Å². The molecule has 0 saturated carbocycles. The summed E-state index contributed by atoms with van der Waals surface area (Å²) >= 11 is 6.16. The molecule has 1 aliphatic rings. The van der Waals surface area contributed by atoms with Crippen LogP contribution < -0.4 is 4.72 Å². The normalized spacial score (nSPS) is 17.8. The number of amides is 1. The summed E-state index contributed by atoms with van der Waals surface area (Å²) in [7, 11) is -3.75. The third-order valence-electron chi connectivity index (χ3n) is 4.20. The zero-order valence-corrected chi connectivity index (χ0v) is 17.3. The Bertz CT molecular complexity index is 810. The van der Waals surface area contributed by atoms with Gasteiger partial charge in [0.15, 0.2) is 0 Å². The first-order valence-electron chi connectivity index (χ1n) is 8.93. The monoisotopic (exact) mass is 416 g/mol. The van der Waals surface area contributed by atoms with Crippen LogP contribution in [0.3, 0.4) is 0 Å². The minimum atomic E-state index is -3.75. The number of ether oxygens (including phenoxy) is 1. The highest BCUT2D eigenvalue weighted by atomic mass is 35.5. The van der Waals surface area contributed by atoms with E-state index in [2.05, 4.69) is 4.72 Å². The number of halogens is 1. The van der Waals surface area contributed by atoms with Gasteiger partial charge in [-0.3, -0.25) is 9.59 Å². The van der Waals surface area contributed by atoms with Crippen molar-refractivity contribution >= 4 is 33.5 Å². The molecule has 150 valence electrons. The molecule has 27 heavy (non-hydrogen) atoms. The van der Waals surface area contributed by atoms with Crippen molar-refractivity contribution in [1.29, 1.82) is 0 Å². The molecule has 1 aromatic carbocycles. The highest BCUT2D eigenvalue weighted by Gasteiger charge is 2.31. The lowest BCUT2D eigenvalue weighted by Gasteiger charge is -2.31. The predicted octanol–water partition coefficient (Wildman–Crippen LogP) is 2.44. The number of rotatable bonds is 6. The van der Waals surface area contributed by atoms with E-state index in [1.165, 1.54) is 23.1 Å². The van der Waals surface area contributed by atoms with Gasteiger partial charge in [0.25, 0.3) is 5.91 Å². The van der Waals surface area contributed by atoms with Gasteiger partial charge in [0.05, 0.1) is 28.0 Å². The van der Waals surface area contributed by atoms with Crippen molar-refractivity contribution in [3.63, 3.8) is 0 Å². The van der Waals surface area contributed by atoms with Crippen molar-refractivity contribution < 1.29 is 22.7 Å². The van der Waals surface area contributed by atoms with E-state index >= 15 is 0 Å². The van der Waals surface area contributed by atoms with Gasteiger partial charge in [-0.05, 0) is 51.8 Å². The van der Waals surface area contributed by atoms with Gasteiger partial charge in [0, 0.05) is 19.1 Å². The van der Waals surface area contributed by atoms with Crippen molar-refractivity contribution in [1.82, 2.24) is 9.62 Å². The summed E-state index contributed by atoms with van der Waals surface area (Å²) in [6.07, 6.45) is 1.32. The van der Waals surface area contributed by atoms with E-state index in [0.29, 0.717) is 19.4 Å². The average molecular weight is 417 g/mol. The van der Waals surface area contributed by atoms with Gasteiger partial charge in [0.2, 0.25) is 10.0 Å². The number of sulfonamides is 1. The van der Waals surface area contributed by atoms with E-state index in [0.717, 1.165) is 0 Å². The number of hydrogen-bond acceptors (Lipinski definition) is 5. The maximum Gasteiger partial charge on any atom is 0.310 e. The van der Waals surface area contributed by atoms with Crippen LogP contribution in [0, 0.1) is 5.92 Å². The summed E-state index contributed by atoms with van der Waals surface area (Å²) in [6.45, 7) is 6.16. The summed E-state index contributed by atoms with van der Waals surface area (Å²) in [4.78, 5) is 26.4. The Kier molecular flexibility index (Phi) is 7.25. The number of benzene rings is 1. The summed E-state index contributed by atoms with van der Waals surface area (Å²) in [5, 5.41) is 0.168. The zero-order chi connectivity index (χ0) is 20.2. The molecule has 1 saturated heterocycles. The lowest BCUT2D eigenvalue weighted by Crippen LogP contribution is -2.43. The molecule has 9 heteroatoms. The van der Waals surface area contributed by atoms with Crippen molar-refractivity contribution in [2.75, 3.05) is 19.7 Å². The molecule has 1 heterocycles. The van der Waals surface area contributed by atoms with Gasteiger partial charge in [-0.15, -0.1) is 0 Å². The Morgan fingerprint density at radius 3 is 2.70 bits per heavy atom. The lowest BCUT2D eigenvalue weighted by atomic mass is 9.97. The molecular weight excluding hydrogens is 392 g/mol. The van der Waals surface area contributed by atoms with Crippen molar-refractivity contribution in [2.45, 2.75) is 44.6 Å². The van der Waals surface area contributed by atoms with Gasteiger partial charge >= 0.3 is 5.97 Å². The Balaban J connectivity index is 2.25.